The van der Waals surface area contributed by atoms with Gasteiger partial charge in [-0.05, 0) is 50.7 Å². The predicted molar refractivity (Wildman–Crippen MR) is 120 cm³/mol. The average Bonchev–Trinajstić information content (AvgIpc) is 2.71. The fraction of sp³-hybridized carbons (Fsp3) is 0.667. The smallest absolute Gasteiger partial charge is 0.211 e. The van der Waals surface area contributed by atoms with E-state index in [0.29, 0.717) is 25.0 Å². The summed E-state index contributed by atoms with van der Waals surface area (Å²) < 4.78 is 24.9. The average molecular weight is 422 g/mol. The maximum atomic E-state index is 11.6. The van der Waals surface area contributed by atoms with Crippen LogP contribution in [-0.4, -0.2) is 70.8 Å². The second kappa shape index (κ2) is 9.80. The normalized spacial score (nSPS) is 22.5. The third kappa shape index (κ3) is 6.34. The van der Waals surface area contributed by atoms with E-state index in [-0.39, 0.29) is 0 Å². The first-order valence-corrected chi connectivity index (χ1v) is 12.4. The van der Waals surface area contributed by atoms with Crippen molar-refractivity contribution in [1.29, 1.82) is 0 Å². The highest BCUT2D eigenvalue weighted by Gasteiger charge is 2.25. The van der Waals surface area contributed by atoms with E-state index in [1.54, 1.807) is 4.31 Å². The molecular weight excluding hydrogens is 386 g/mol. The Labute approximate surface area is 175 Å². The van der Waals surface area contributed by atoms with E-state index < -0.39 is 10.0 Å². The van der Waals surface area contributed by atoms with Gasteiger partial charge >= 0.3 is 0 Å². The molecule has 2 aliphatic rings. The van der Waals surface area contributed by atoms with Gasteiger partial charge < -0.3 is 15.5 Å². The molecule has 1 atom stereocenters. The summed E-state index contributed by atoms with van der Waals surface area (Å²) in [6, 6.07) is 9.11. The summed E-state index contributed by atoms with van der Waals surface area (Å²) in [4.78, 5) is 6.84. The zero-order valence-electron chi connectivity index (χ0n) is 17.9. The second-order valence-electron chi connectivity index (χ2n) is 8.32. The van der Waals surface area contributed by atoms with Gasteiger partial charge in [0.15, 0.2) is 5.96 Å². The van der Waals surface area contributed by atoms with E-state index in [2.05, 4.69) is 51.7 Å². The molecule has 2 aliphatic heterocycles. The largest absolute Gasteiger partial charge is 0.369 e. The van der Waals surface area contributed by atoms with E-state index in [1.165, 1.54) is 17.5 Å². The first-order valence-electron chi connectivity index (χ1n) is 10.6. The number of aryl methyl sites for hydroxylation is 1. The first-order chi connectivity index (χ1) is 13.8. The van der Waals surface area contributed by atoms with Gasteiger partial charge in [-0.25, -0.2) is 12.7 Å². The monoisotopic (exact) mass is 421 g/mol. The molecule has 0 aromatic heterocycles. The lowest BCUT2D eigenvalue weighted by atomic mass is 9.98. The van der Waals surface area contributed by atoms with E-state index in [9.17, 15) is 8.42 Å². The zero-order chi connectivity index (χ0) is 20.9. The van der Waals surface area contributed by atoms with E-state index >= 15 is 0 Å². The van der Waals surface area contributed by atoms with Gasteiger partial charge in [0.2, 0.25) is 10.0 Å². The summed E-state index contributed by atoms with van der Waals surface area (Å²) in [7, 11) is -1.26. The van der Waals surface area contributed by atoms with Crippen LogP contribution in [0.4, 0.5) is 5.69 Å². The molecule has 29 heavy (non-hydrogen) atoms. The number of hydrogen-bond donors (Lipinski definition) is 2. The van der Waals surface area contributed by atoms with Gasteiger partial charge in [-0.15, -0.1) is 0 Å². The lowest BCUT2D eigenvalue weighted by Gasteiger charge is -2.36. The molecule has 2 fully saturated rings. The van der Waals surface area contributed by atoms with Crippen molar-refractivity contribution >= 4 is 21.7 Å². The minimum absolute atomic E-state index is 0.364. The van der Waals surface area contributed by atoms with Crippen molar-refractivity contribution < 1.29 is 8.42 Å². The summed E-state index contributed by atoms with van der Waals surface area (Å²) in [5.41, 5.74) is 2.56. The summed E-state index contributed by atoms with van der Waals surface area (Å²) >= 11 is 0. The molecule has 2 N–H and O–H groups in total. The maximum absolute atomic E-state index is 11.6. The summed E-state index contributed by atoms with van der Waals surface area (Å²) in [6.45, 7) is 6.23. The molecule has 2 heterocycles. The van der Waals surface area contributed by atoms with Gasteiger partial charge in [0.1, 0.15) is 0 Å². The fourth-order valence-electron chi connectivity index (χ4n) is 4.16. The van der Waals surface area contributed by atoms with Gasteiger partial charge in [0, 0.05) is 51.5 Å². The van der Waals surface area contributed by atoms with Crippen LogP contribution in [0.25, 0.3) is 0 Å². The SMILES string of the molecule is CN=C(NCC1CCN(S(C)(=O)=O)CC1)NC1CCCN(c2ccc(C)cc2)C1. The molecule has 3 rings (SSSR count). The van der Waals surface area contributed by atoms with Crippen molar-refractivity contribution in [2.45, 2.75) is 38.6 Å². The maximum Gasteiger partial charge on any atom is 0.211 e. The van der Waals surface area contributed by atoms with Crippen LogP contribution in [0.5, 0.6) is 0 Å². The number of piperidine rings is 2. The minimum atomic E-state index is -3.06. The van der Waals surface area contributed by atoms with Crippen LogP contribution in [0, 0.1) is 12.8 Å². The molecule has 162 valence electrons. The van der Waals surface area contributed by atoms with Gasteiger partial charge in [-0.1, -0.05) is 17.7 Å². The number of benzene rings is 1. The van der Waals surface area contributed by atoms with Crippen LogP contribution in [0.15, 0.2) is 29.3 Å². The lowest BCUT2D eigenvalue weighted by Crippen LogP contribution is -2.52. The summed E-state index contributed by atoms with van der Waals surface area (Å²) in [5, 5.41) is 7.03. The highest BCUT2D eigenvalue weighted by Crippen LogP contribution is 2.21. The number of nitrogens with zero attached hydrogens (tertiary/aromatic N) is 3. The lowest BCUT2D eigenvalue weighted by molar-refractivity contribution is 0.274. The van der Waals surface area contributed by atoms with Crippen LogP contribution >= 0.6 is 0 Å². The van der Waals surface area contributed by atoms with E-state index in [1.807, 2.05) is 7.05 Å². The molecule has 0 aliphatic carbocycles. The zero-order valence-corrected chi connectivity index (χ0v) is 18.7. The molecule has 0 amide bonds. The van der Waals surface area contributed by atoms with E-state index in [0.717, 1.165) is 51.3 Å². The Bertz CT molecular complexity index is 786. The Morgan fingerprint density at radius 2 is 1.83 bits per heavy atom. The van der Waals surface area contributed by atoms with Crippen molar-refractivity contribution in [3.05, 3.63) is 29.8 Å². The highest BCUT2D eigenvalue weighted by atomic mass is 32.2. The summed E-state index contributed by atoms with van der Waals surface area (Å²) in [6.07, 6.45) is 5.37. The van der Waals surface area contributed by atoms with Crippen molar-refractivity contribution in [1.82, 2.24) is 14.9 Å². The molecule has 1 aromatic carbocycles. The number of anilines is 1. The number of hydrogen-bond acceptors (Lipinski definition) is 4. The van der Waals surface area contributed by atoms with Gasteiger partial charge in [0.25, 0.3) is 0 Å². The molecule has 8 heteroatoms. The topological polar surface area (TPSA) is 77.0 Å². The number of aliphatic imine (C=N–C) groups is 1. The molecule has 2 saturated heterocycles. The van der Waals surface area contributed by atoms with Crippen LogP contribution in [-0.2, 0) is 10.0 Å². The van der Waals surface area contributed by atoms with Crippen molar-refractivity contribution in [3.63, 3.8) is 0 Å². The number of sulfonamides is 1. The van der Waals surface area contributed by atoms with Crippen LogP contribution in [0.2, 0.25) is 0 Å². The molecule has 1 unspecified atom stereocenters. The summed E-state index contributed by atoms with van der Waals surface area (Å²) in [5.74, 6) is 1.31. The molecule has 7 nitrogen and oxygen atoms in total. The molecule has 0 saturated carbocycles. The fourth-order valence-corrected chi connectivity index (χ4v) is 5.03. The second-order valence-corrected chi connectivity index (χ2v) is 10.3. The third-order valence-corrected chi connectivity index (χ3v) is 7.29. The van der Waals surface area contributed by atoms with Crippen molar-refractivity contribution in [2.75, 3.05) is 50.9 Å². The van der Waals surface area contributed by atoms with E-state index in [4.69, 9.17) is 0 Å². The molecule has 0 radical (unpaired) electrons. The Morgan fingerprint density at radius 1 is 1.14 bits per heavy atom. The van der Waals surface area contributed by atoms with Crippen LogP contribution in [0.1, 0.15) is 31.2 Å². The Morgan fingerprint density at radius 3 is 2.45 bits per heavy atom. The number of rotatable bonds is 5. The van der Waals surface area contributed by atoms with Gasteiger partial charge in [-0.3, -0.25) is 4.99 Å². The Kier molecular flexibility index (Phi) is 7.40. The van der Waals surface area contributed by atoms with Gasteiger partial charge in [0.05, 0.1) is 6.26 Å². The van der Waals surface area contributed by atoms with Gasteiger partial charge in [-0.2, -0.15) is 0 Å². The standard InChI is InChI=1S/C21H35N5O2S/c1-17-6-8-20(9-7-17)25-12-4-5-19(16-25)24-21(22-2)23-15-18-10-13-26(14-11-18)29(3,27)28/h6-9,18-19H,4-5,10-16H2,1-3H3,(H2,22,23,24). The highest BCUT2D eigenvalue weighted by molar-refractivity contribution is 7.88. The molecule has 0 spiro atoms. The predicted octanol–water partition coefficient (Wildman–Crippen LogP) is 1.80. The minimum Gasteiger partial charge on any atom is -0.369 e. The molecular formula is C21H35N5O2S. The third-order valence-electron chi connectivity index (χ3n) is 5.99. The Hall–Kier alpha value is -1.80. The number of guanidine groups is 1. The number of nitrogens with one attached hydrogen (secondary N) is 2. The first kappa shape index (κ1) is 21.9. The Balaban J connectivity index is 1.46. The quantitative estimate of drug-likeness (QED) is 0.560. The van der Waals surface area contributed by atoms with Crippen LogP contribution in [0.3, 0.4) is 0 Å². The van der Waals surface area contributed by atoms with Crippen LogP contribution < -0.4 is 15.5 Å². The van der Waals surface area contributed by atoms with Crippen molar-refractivity contribution in [2.24, 2.45) is 10.9 Å². The molecule has 1 aromatic rings. The molecule has 0 bridgehead atoms. The van der Waals surface area contributed by atoms with Crippen molar-refractivity contribution in [3.8, 4) is 0 Å².